The Morgan fingerprint density at radius 1 is 1.78 bits per heavy atom. The van der Waals surface area contributed by atoms with Crippen molar-refractivity contribution in [2.45, 2.75) is 11.8 Å². The van der Waals surface area contributed by atoms with Gasteiger partial charge in [-0.25, -0.2) is 0 Å². The molecule has 0 N–H and O–H groups in total. The lowest BCUT2D eigenvalue weighted by molar-refractivity contribution is 1.03. The number of rotatable bonds is 1. The summed E-state index contributed by atoms with van der Waals surface area (Å²) in [6.07, 6.45) is 7.22. The third-order valence-corrected chi connectivity index (χ3v) is 2.25. The fourth-order valence-electron chi connectivity index (χ4n) is 0.738. The van der Waals surface area contributed by atoms with Gasteiger partial charge in [0.05, 0.1) is 5.38 Å². The largest absolute Gasteiger partial charge is 0.118 e. The van der Waals surface area contributed by atoms with Crippen LogP contribution in [0.3, 0.4) is 0 Å². The molecule has 1 aliphatic rings. The van der Waals surface area contributed by atoms with Crippen LogP contribution in [0.1, 0.15) is 6.42 Å². The van der Waals surface area contributed by atoms with Gasteiger partial charge in [0.1, 0.15) is 0 Å². The fraction of sp³-hybridized carbons (Fsp3) is 0.429. The van der Waals surface area contributed by atoms with E-state index >= 15 is 0 Å². The Balaban J connectivity index is 2.52. The van der Waals surface area contributed by atoms with Gasteiger partial charge in [0.15, 0.2) is 0 Å². The summed E-state index contributed by atoms with van der Waals surface area (Å²) >= 11 is 9.16. The maximum atomic E-state index is 5.79. The molecule has 0 nitrogen and oxygen atoms in total. The van der Waals surface area contributed by atoms with Crippen LogP contribution >= 0.6 is 27.5 Å². The third kappa shape index (κ3) is 2.15. The molecule has 0 aliphatic heterocycles. The second-order valence-electron chi connectivity index (χ2n) is 2.02. The molecular formula is C7H8BrCl. The van der Waals surface area contributed by atoms with Crippen molar-refractivity contribution in [3.05, 3.63) is 23.8 Å². The Bertz CT molecular complexity index is 149. The molecule has 1 rings (SSSR count). The average Bonchev–Trinajstić information content (AvgIpc) is 1.90. The van der Waals surface area contributed by atoms with Crippen molar-refractivity contribution in [3.8, 4) is 0 Å². The zero-order valence-corrected chi connectivity index (χ0v) is 7.32. The highest BCUT2D eigenvalue weighted by molar-refractivity contribution is 9.09. The molecule has 9 heavy (non-hydrogen) atoms. The fourth-order valence-corrected chi connectivity index (χ4v) is 1.32. The lowest BCUT2D eigenvalue weighted by atomic mass is 10.1. The summed E-state index contributed by atoms with van der Waals surface area (Å²) in [6.45, 7) is 0. The molecule has 0 bridgehead atoms. The molecule has 0 saturated carbocycles. The quantitative estimate of drug-likeness (QED) is 0.580. The van der Waals surface area contributed by atoms with Gasteiger partial charge in [-0.2, -0.15) is 0 Å². The molecule has 0 aromatic carbocycles. The van der Waals surface area contributed by atoms with Gasteiger partial charge in [-0.1, -0.05) is 34.2 Å². The van der Waals surface area contributed by atoms with Gasteiger partial charge in [0.25, 0.3) is 0 Å². The molecule has 2 heteroatoms. The van der Waals surface area contributed by atoms with Crippen LogP contribution in [0, 0.1) is 0 Å². The van der Waals surface area contributed by atoms with Gasteiger partial charge in [0.2, 0.25) is 0 Å². The van der Waals surface area contributed by atoms with E-state index in [0.29, 0.717) is 0 Å². The van der Waals surface area contributed by atoms with E-state index in [9.17, 15) is 0 Å². The SMILES string of the molecule is Cl[C@@H]1C=CC(CBr)=CC1. The first kappa shape index (κ1) is 7.36. The van der Waals surface area contributed by atoms with Crippen LogP contribution in [-0.4, -0.2) is 10.7 Å². The van der Waals surface area contributed by atoms with E-state index in [1.165, 1.54) is 5.57 Å². The molecule has 0 amide bonds. The monoisotopic (exact) mass is 206 g/mol. The molecule has 0 saturated heterocycles. The second kappa shape index (κ2) is 3.43. The van der Waals surface area contributed by atoms with Crippen LogP contribution in [0.4, 0.5) is 0 Å². The van der Waals surface area contributed by atoms with Crippen LogP contribution in [0.5, 0.6) is 0 Å². The number of halogens is 2. The molecule has 0 aromatic rings. The van der Waals surface area contributed by atoms with Crippen molar-refractivity contribution in [1.82, 2.24) is 0 Å². The van der Waals surface area contributed by atoms with Gasteiger partial charge in [-0.3, -0.25) is 0 Å². The molecular weight excluding hydrogens is 199 g/mol. The molecule has 0 aromatic heterocycles. The Morgan fingerprint density at radius 3 is 3.00 bits per heavy atom. The van der Waals surface area contributed by atoms with Crippen molar-refractivity contribution < 1.29 is 0 Å². The zero-order valence-electron chi connectivity index (χ0n) is 4.98. The standard InChI is InChI=1S/C7H8BrCl/c8-5-6-1-3-7(9)4-2-6/h1-3,7H,4-5H2/t7-/m1/s1. The first-order valence-electron chi connectivity index (χ1n) is 2.90. The van der Waals surface area contributed by atoms with E-state index in [-0.39, 0.29) is 5.38 Å². The summed E-state index contributed by atoms with van der Waals surface area (Å²) in [4.78, 5) is 0. The molecule has 1 atom stereocenters. The highest BCUT2D eigenvalue weighted by Crippen LogP contribution is 2.15. The van der Waals surface area contributed by atoms with E-state index in [1.807, 2.05) is 6.08 Å². The predicted octanol–water partition coefficient (Wildman–Crippen LogP) is 2.88. The highest BCUT2D eigenvalue weighted by Gasteiger charge is 2.02. The van der Waals surface area contributed by atoms with Crippen molar-refractivity contribution in [2.24, 2.45) is 0 Å². The van der Waals surface area contributed by atoms with E-state index in [2.05, 4.69) is 28.1 Å². The predicted molar refractivity (Wildman–Crippen MR) is 45.3 cm³/mol. The topological polar surface area (TPSA) is 0 Å². The van der Waals surface area contributed by atoms with Crippen LogP contribution in [-0.2, 0) is 0 Å². The van der Waals surface area contributed by atoms with Gasteiger partial charge in [-0.15, -0.1) is 11.6 Å². The van der Waals surface area contributed by atoms with Crippen LogP contribution in [0.2, 0.25) is 0 Å². The van der Waals surface area contributed by atoms with E-state index in [0.717, 1.165) is 11.8 Å². The van der Waals surface area contributed by atoms with Gasteiger partial charge >= 0.3 is 0 Å². The molecule has 0 spiro atoms. The van der Waals surface area contributed by atoms with Crippen LogP contribution in [0.15, 0.2) is 23.8 Å². The summed E-state index contributed by atoms with van der Waals surface area (Å²) in [5, 5.41) is 1.15. The number of alkyl halides is 2. The normalized spacial score (nSPS) is 26.0. The Kier molecular flexibility index (Phi) is 2.80. The average molecular weight is 207 g/mol. The number of hydrogen-bond acceptors (Lipinski definition) is 0. The molecule has 0 fully saturated rings. The summed E-state index contributed by atoms with van der Waals surface area (Å²) in [5.41, 5.74) is 1.33. The molecule has 0 heterocycles. The summed E-state index contributed by atoms with van der Waals surface area (Å²) in [6, 6.07) is 0. The molecule has 0 radical (unpaired) electrons. The van der Waals surface area contributed by atoms with Crippen molar-refractivity contribution in [2.75, 3.05) is 5.33 Å². The minimum absolute atomic E-state index is 0.216. The van der Waals surface area contributed by atoms with Crippen molar-refractivity contribution in [1.29, 1.82) is 0 Å². The van der Waals surface area contributed by atoms with Crippen molar-refractivity contribution in [3.63, 3.8) is 0 Å². The minimum atomic E-state index is 0.216. The van der Waals surface area contributed by atoms with Gasteiger partial charge in [-0.05, 0) is 12.0 Å². The van der Waals surface area contributed by atoms with Gasteiger partial charge < -0.3 is 0 Å². The Morgan fingerprint density at radius 2 is 2.56 bits per heavy atom. The summed E-state index contributed by atoms with van der Waals surface area (Å²) in [5.74, 6) is 0. The van der Waals surface area contributed by atoms with Crippen LogP contribution < -0.4 is 0 Å². The van der Waals surface area contributed by atoms with E-state index < -0.39 is 0 Å². The lowest BCUT2D eigenvalue weighted by Crippen LogP contribution is -1.97. The molecule has 1 aliphatic carbocycles. The lowest BCUT2D eigenvalue weighted by Gasteiger charge is -2.06. The first-order valence-corrected chi connectivity index (χ1v) is 4.46. The van der Waals surface area contributed by atoms with Crippen molar-refractivity contribution >= 4 is 27.5 Å². The Labute approximate surface area is 68.7 Å². The summed E-state index contributed by atoms with van der Waals surface area (Å²) in [7, 11) is 0. The smallest absolute Gasteiger partial charge is 0.0553 e. The number of allylic oxidation sites excluding steroid dienone is 4. The zero-order chi connectivity index (χ0) is 6.69. The van der Waals surface area contributed by atoms with Gasteiger partial charge in [0, 0.05) is 5.33 Å². The molecule has 0 unspecified atom stereocenters. The van der Waals surface area contributed by atoms with Crippen LogP contribution in [0.25, 0.3) is 0 Å². The summed E-state index contributed by atoms with van der Waals surface area (Å²) < 4.78 is 0. The maximum Gasteiger partial charge on any atom is 0.0553 e. The van der Waals surface area contributed by atoms with E-state index in [4.69, 9.17) is 11.6 Å². The first-order chi connectivity index (χ1) is 4.33. The Hall–Kier alpha value is 0.250. The van der Waals surface area contributed by atoms with E-state index in [1.54, 1.807) is 0 Å². The maximum absolute atomic E-state index is 5.79. The molecule has 50 valence electrons. The second-order valence-corrected chi connectivity index (χ2v) is 3.14. The number of hydrogen-bond donors (Lipinski definition) is 0. The highest BCUT2D eigenvalue weighted by atomic mass is 79.9. The third-order valence-electron chi connectivity index (χ3n) is 1.28. The minimum Gasteiger partial charge on any atom is -0.118 e.